The molecule has 24 heavy (non-hydrogen) atoms. The first kappa shape index (κ1) is 16.5. The lowest BCUT2D eigenvalue weighted by atomic mass is 10.1. The molecule has 128 valence electrons. The number of carbonyl (C=O) groups excluding carboxylic acids is 1. The van der Waals surface area contributed by atoms with Crippen LogP contribution in [0.15, 0.2) is 29.2 Å². The molecule has 0 aliphatic carbocycles. The molecule has 1 saturated heterocycles. The fraction of sp³-hybridized carbons (Fsp3) is 0.444. The molecule has 1 fully saturated rings. The molecule has 0 radical (unpaired) electrons. The zero-order chi connectivity index (χ0) is 17.3. The quantitative estimate of drug-likeness (QED) is 0.874. The van der Waals surface area contributed by atoms with Crippen molar-refractivity contribution < 1.29 is 9.53 Å². The van der Waals surface area contributed by atoms with Crippen LogP contribution >= 0.6 is 0 Å². The van der Waals surface area contributed by atoms with E-state index in [1.54, 1.807) is 17.2 Å². The van der Waals surface area contributed by atoms with Gasteiger partial charge in [-0.25, -0.2) is 0 Å². The molecule has 1 unspecified atom stereocenters. The second-order valence-electron chi connectivity index (χ2n) is 6.18. The first-order valence-electron chi connectivity index (χ1n) is 8.35. The summed E-state index contributed by atoms with van der Waals surface area (Å²) in [7, 11) is 0. The normalized spacial score (nSPS) is 16.3. The smallest absolute Gasteiger partial charge is 0.259 e. The van der Waals surface area contributed by atoms with Crippen molar-refractivity contribution in [3.05, 3.63) is 40.2 Å². The number of rotatable bonds is 3. The second-order valence-corrected chi connectivity index (χ2v) is 6.18. The van der Waals surface area contributed by atoms with Gasteiger partial charge in [0.05, 0.1) is 24.1 Å². The molecule has 3 rings (SSSR count). The number of benzene rings is 1. The molecule has 1 aliphatic heterocycles. The topological polar surface area (TPSA) is 77.6 Å². The lowest BCUT2D eigenvalue weighted by Crippen LogP contribution is -2.42. The third-order valence-electron chi connectivity index (χ3n) is 4.69. The minimum atomic E-state index is -0.292. The van der Waals surface area contributed by atoms with E-state index in [4.69, 9.17) is 10.5 Å². The highest BCUT2D eigenvalue weighted by Crippen LogP contribution is 2.23. The molecular weight excluding hydrogens is 306 g/mol. The van der Waals surface area contributed by atoms with Gasteiger partial charge in [-0.15, -0.1) is 0 Å². The number of hydrogen-bond donors (Lipinski definition) is 1. The van der Waals surface area contributed by atoms with E-state index in [9.17, 15) is 9.59 Å². The number of morpholine rings is 1. The molecule has 2 heterocycles. The summed E-state index contributed by atoms with van der Waals surface area (Å²) in [4.78, 5) is 27.5. The second kappa shape index (κ2) is 6.65. The number of ether oxygens (including phenoxy) is 1. The van der Waals surface area contributed by atoms with Crippen molar-refractivity contribution in [3.8, 4) is 0 Å². The Morgan fingerprint density at radius 2 is 2.04 bits per heavy atom. The van der Waals surface area contributed by atoms with E-state index < -0.39 is 0 Å². The fourth-order valence-corrected chi connectivity index (χ4v) is 3.07. The predicted molar refractivity (Wildman–Crippen MR) is 94.3 cm³/mol. The summed E-state index contributed by atoms with van der Waals surface area (Å²) in [6.45, 7) is 6.15. The first-order chi connectivity index (χ1) is 11.5. The highest BCUT2D eigenvalue weighted by molar-refractivity contribution is 6.00. The van der Waals surface area contributed by atoms with Crippen LogP contribution in [-0.4, -0.2) is 41.7 Å². The molecule has 1 amide bonds. The summed E-state index contributed by atoms with van der Waals surface area (Å²) in [5, 5.41) is 0.428. The molecule has 1 atom stereocenters. The van der Waals surface area contributed by atoms with Crippen LogP contribution in [0.3, 0.4) is 0 Å². The lowest BCUT2D eigenvalue weighted by Gasteiger charge is -2.27. The van der Waals surface area contributed by atoms with E-state index in [1.165, 1.54) is 0 Å². The molecular formula is C18H23N3O3. The molecule has 1 aromatic carbocycles. The number of aromatic nitrogens is 1. The number of pyridine rings is 1. The molecule has 2 aromatic rings. The van der Waals surface area contributed by atoms with Crippen LogP contribution in [0, 0.1) is 0 Å². The maximum Gasteiger partial charge on any atom is 0.259 e. The van der Waals surface area contributed by atoms with Crippen LogP contribution in [0.5, 0.6) is 0 Å². The Morgan fingerprint density at radius 3 is 2.71 bits per heavy atom. The lowest BCUT2D eigenvalue weighted by molar-refractivity contribution is 0.0301. The van der Waals surface area contributed by atoms with Crippen LogP contribution in [-0.2, 0) is 4.74 Å². The van der Waals surface area contributed by atoms with Gasteiger partial charge in [-0.2, -0.15) is 0 Å². The van der Waals surface area contributed by atoms with Gasteiger partial charge in [0.15, 0.2) is 0 Å². The molecule has 1 aromatic heterocycles. The maximum absolute atomic E-state index is 12.9. The Bertz CT molecular complexity index is 822. The summed E-state index contributed by atoms with van der Waals surface area (Å²) >= 11 is 0. The van der Waals surface area contributed by atoms with Gasteiger partial charge in [-0.1, -0.05) is 13.0 Å². The third kappa shape index (κ3) is 2.78. The van der Waals surface area contributed by atoms with E-state index >= 15 is 0 Å². The molecule has 6 heteroatoms. The summed E-state index contributed by atoms with van der Waals surface area (Å²) in [5.74, 6) is -0.245. The maximum atomic E-state index is 12.9. The molecule has 0 bridgehead atoms. The zero-order valence-electron chi connectivity index (χ0n) is 14.1. The van der Waals surface area contributed by atoms with Gasteiger partial charge in [0, 0.05) is 31.0 Å². The van der Waals surface area contributed by atoms with Crippen LogP contribution in [0.25, 0.3) is 10.9 Å². The van der Waals surface area contributed by atoms with E-state index in [1.807, 2.05) is 16.7 Å². The van der Waals surface area contributed by atoms with Gasteiger partial charge >= 0.3 is 0 Å². The van der Waals surface area contributed by atoms with Crippen molar-refractivity contribution in [2.45, 2.75) is 26.3 Å². The average molecular weight is 329 g/mol. The van der Waals surface area contributed by atoms with E-state index in [2.05, 4.69) is 13.8 Å². The minimum Gasteiger partial charge on any atom is -0.398 e. The Kier molecular flexibility index (Phi) is 4.57. The van der Waals surface area contributed by atoms with Crippen LogP contribution in [0.4, 0.5) is 5.69 Å². The van der Waals surface area contributed by atoms with Crippen LogP contribution in [0.1, 0.15) is 36.7 Å². The Balaban J connectivity index is 2.21. The molecule has 2 N–H and O–H groups in total. The van der Waals surface area contributed by atoms with Crippen molar-refractivity contribution in [3.63, 3.8) is 0 Å². The van der Waals surface area contributed by atoms with E-state index in [-0.39, 0.29) is 22.9 Å². The Labute approximate surface area is 140 Å². The molecule has 1 aliphatic rings. The fourth-order valence-electron chi connectivity index (χ4n) is 3.07. The number of fused-ring (bicyclic) bond motifs is 1. The van der Waals surface area contributed by atoms with Crippen molar-refractivity contribution in [1.82, 2.24) is 9.47 Å². The monoisotopic (exact) mass is 329 g/mol. The number of amides is 1. The van der Waals surface area contributed by atoms with Gasteiger partial charge in [0.2, 0.25) is 5.43 Å². The third-order valence-corrected chi connectivity index (χ3v) is 4.69. The number of nitrogen functional groups attached to an aromatic ring is 1. The summed E-state index contributed by atoms with van der Waals surface area (Å²) in [5.41, 5.74) is 7.13. The van der Waals surface area contributed by atoms with E-state index in [0.29, 0.717) is 37.4 Å². The highest BCUT2D eigenvalue weighted by Gasteiger charge is 2.24. The molecule has 6 nitrogen and oxygen atoms in total. The van der Waals surface area contributed by atoms with Gasteiger partial charge in [0.1, 0.15) is 5.56 Å². The first-order valence-corrected chi connectivity index (χ1v) is 8.35. The summed E-state index contributed by atoms with van der Waals surface area (Å²) in [6.07, 6.45) is 2.58. The summed E-state index contributed by atoms with van der Waals surface area (Å²) in [6, 6.07) is 5.57. The van der Waals surface area contributed by atoms with Crippen molar-refractivity contribution >= 4 is 22.5 Å². The van der Waals surface area contributed by atoms with Gasteiger partial charge in [-0.3, -0.25) is 9.59 Å². The van der Waals surface area contributed by atoms with Crippen molar-refractivity contribution in [2.75, 3.05) is 32.0 Å². The van der Waals surface area contributed by atoms with Crippen molar-refractivity contribution in [2.24, 2.45) is 0 Å². The van der Waals surface area contributed by atoms with Gasteiger partial charge < -0.3 is 19.9 Å². The number of nitrogens with two attached hydrogens (primary N) is 1. The number of anilines is 1. The minimum absolute atomic E-state index is 0.158. The zero-order valence-corrected chi connectivity index (χ0v) is 14.1. The predicted octanol–water partition coefficient (Wildman–Crippen LogP) is 2.03. The standard InChI is InChI=1S/C18H23N3O3/c1-3-12(2)21-11-13(18(23)20-7-9-24-10-8-20)17(22)16-14(19)5-4-6-15(16)21/h4-6,11-12H,3,7-10,19H2,1-2H3. The number of hydrogen-bond acceptors (Lipinski definition) is 4. The SMILES string of the molecule is CCC(C)n1cc(C(=O)N2CCOCC2)c(=O)c2c(N)cccc21. The van der Waals surface area contributed by atoms with Crippen LogP contribution in [0.2, 0.25) is 0 Å². The van der Waals surface area contributed by atoms with E-state index in [0.717, 1.165) is 11.9 Å². The Hall–Kier alpha value is -2.34. The highest BCUT2D eigenvalue weighted by atomic mass is 16.5. The van der Waals surface area contributed by atoms with Crippen LogP contribution < -0.4 is 11.2 Å². The Morgan fingerprint density at radius 1 is 1.33 bits per heavy atom. The van der Waals surface area contributed by atoms with Gasteiger partial charge in [-0.05, 0) is 25.5 Å². The molecule has 0 saturated carbocycles. The average Bonchev–Trinajstić information content (AvgIpc) is 2.61. The molecule has 0 spiro atoms. The van der Waals surface area contributed by atoms with Gasteiger partial charge in [0.25, 0.3) is 5.91 Å². The number of carbonyl (C=O) groups is 1. The van der Waals surface area contributed by atoms with Crippen molar-refractivity contribution in [1.29, 1.82) is 0 Å². The summed E-state index contributed by atoms with van der Waals surface area (Å²) < 4.78 is 7.27. The largest absolute Gasteiger partial charge is 0.398 e. The number of nitrogens with zero attached hydrogens (tertiary/aromatic N) is 2.